The van der Waals surface area contributed by atoms with E-state index in [0.717, 1.165) is 30.6 Å². The molecule has 0 spiro atoms. The van der Waals surface area contributed by atoms with E-state index in [9.17, 15) is 4.79 Å². The third kappa shape index (κ3) is 4.84. The average molecular weight is 312 g/mol. The molecule has 0 bridgehead atoms. The first-order chi connectivity index (χ1) is 11.3. The lowest BCUT2D eigenvalue weighted by Crippen LogP contribution is -2.37. The van der Waals surface area contributed by atoms with Crippen molar-refractivity contribution in [3.63, 3.8) is 0 Å². The molecule has 2 aromatic rings. The summed E-state index contributed by atoms with van der Waals surface area (Å²) in [5, 5.41) is 10.2. The highest BCUT2D eigenvalue weighted by atomic mass is 16.2. The van der Waals surface area contributed by atoms with Gasteiger partial charge in [-0.2, -0.15) is 5.10 Å². The Balaban J connectivity index is 1.50. The maximum Gasteiger partial charge on any atom is 0.319 e. The van der Waals surface area contributed by atoms with E-state index in [0.29, 0.717) is 6.04 Å². The minimum absolute atomic E-state index is 0.100. The molecule has 1 heterocycles. The minimum Gasteiger partial charge on any atom is -0.335 e. The number of carbonyl (C=O) groups excluding carboxylic acids is 1. The summed E-state index contributed by atoms with van der Waals surface area (Å²) in [6.07, 6.45) is 10.9. The van der Waals surface area contributed by atoms with Crippen molar-refractivity contribution in [2.45, 2.75) is 51.1 Å². The zero-order valence-corrected chi connectivity index (χ0v) is 13.4. The predicted molar refractivity (Wildman–Crippen MR) is 91.4 cm³/mol. The standard InChI is InChI=1S/C18H24N4O/c23-18(20-16-6-3-1-2-4-7-16)21-17-10-8-15(9-11-17)14-22-13-5-12-19-22/h5,8-13,16H,1-4,6-7,14H2,(H2,20,21,23). The van der Waals surface area contributed by atoms with Crippen molar-refractivity contribution in [3.05, 3.63) is 48.3 Å². The Labute approximate surface area is 137 Å². The fourth-order valence-corrected chi connectivity index (χ4v) is 3.05. The summed E-state index contributed by atoms with van der Waals surface area (Å²) in [5.41, 5.74) is 1.98. The topological polar surface area (TPSA) is 59.0 Å². The summed E-state index contributed by atoms with van der Waals surface area (Å²) in [7, 11) is 0. The Hall–Kier alpha value is -2.30. The van der Waals surface area contributed by atoms with Crippen molar-refractivity contribution in [2.24, 2.45) is 0 Å². The maximum atomic E-state index is 12.1. The molecule has 1 aromatic carbocycles. The van der Waals surface area contributed by atoms with Gasteiger partial charge in [0.25, 0.3) is 0 Å². The van der Waals surface area contributed by atoms with E-state index in [1.165, 1.54) is 25.7 Å². The van der Waals surface area contributed by atoms with E-state index in [4.69, 9.17) is 0 Å². The summed E-state index contributed by atoms with van der Waals surface area (Å²) in [6.45, 7) is 0.738. The van der Waals surface area contributed by atoms with Crippen LogP contribution in [0.25, 0.3) is 0 Å². The van der Waals surface area contributed by atoms with Gasteiger partial charge in [-0.05, 0) is 36.6 Å². The molecule has 0 saturated heterocycles. The highest BCUT2D eigenvalue weighted by molar-refractivity contribution is 5.89. The maximum absolute atomic E-state index is 12.1. The second kappa shape index (κ2) is 7.81. The molecule has 2 amide bonds. The van der Waals surface area contributed by atoms with E-state index in [1.54, 1.807) is 6.20 Å². The normalized spacial score (nSPS) is 15.8. The van der Waals surface area contributed by atoms with Gasteiger partial charge < -0.3 is 10.6 Å². The monoisotopic (exact) mass is 312 g/mol. The van der Waals surface area contributed by atoms with Crippen LogP contribution in [-0.2, 0) is 6.54 Å². The number of nitrogens with zero attached hydrogens (tertiary/aromatic N) is 2. The average Bonchev–Trinajstić information content (AvgIpc) is 2.92. The molecule has 1 saturated carbocycles. The van der Waals surface area contributed by atoms with Crippen LogP contribution in [-0.4, -0.2) is 21.9 Å². The molecule has 3 rings (SSSR count). The molecule has 1 fully saturated rings. The van der Waals surface area contributed by atoms with E-state index in [1.807, 2.05) is 41.2 Å². The van der Waals surface area contributed by atoms with Gasteiger partial charge in [-0.15, -0.1) is 0 Å². The van der Waals surface area contributed by atoms with Crippen molar-refractivity contribution < 1.29 is 4.79 Å². The molecule has 2 N–H and O–H groups in total. The Kier molecular flexibility index (Phi) is 5.29. The summed E-state index contributed by atoms with van der Waals surface area (Å²) in [4.78, 5) is 12.1. The van der Waals surface area contributed by atoms with Crippen molar-refractivity contribution >= 4 is 11.7 Å². The number of carbonyl (C=O) groups is 1. The van der Waals surface area contributed by atoms with Gasteiger partial charge in [-0.1, -0.05) is 37.8 Å². The fraction of sp³-hybridized carbons (Fsp3) is 0.444. The molecule has 122 valence electrons. The summed E-state index contributed by atoms with van der Waals surface area (Å²) >= 11 is 0. The molecule has 5 heteroatoms. The Morgan fingerprint density at radius 1 is 1.13 bits per heavy atom. The number of urea groups is 1. The van der Waals surface area contributed by atoms with Gasteiger partial charge in [0.05, 0.1) is 6.54 Å². The van der Waals surface area contributed by atoms with Gasteiger partial charge in [0.2, 0.25) is 0 Å². The number of rotatable bonds is 4. The van der Waals surface area contributed by atoms with E-state index in [-0.39, 0.29) is 6.03 Å². The molecular weight excluding hydrogens is 288 g/mol. The van der Waals surface area contributed by atoms with Crippen LogP contribution in [0.3, 0.4) is 0 Å². The van der Waals surface area contributed by atoms with Crippen LogP contribution in [0.15, 0.2) is 42.7 Å². The van der Waals surface area contributed by atoms with Gasteiger partial charge in [0.1, 0.15) is 0 Å². The molecule has 1 aliphatic carbocycles. The first kappa shape index (κ1) is 15.6. The van der Waals surface area contributed by atoms with E-state index < -0.39 is 0 Å². The largest absolute Gasteiger partial charge is 0.335 e. The van der Waals surface area contributed by atoms with Crippen LogP contribution >= 0.6 is 0 Å². The minimum atomic E-state index is -0.100. The molecule has 23 heavy (non-hydrogen) atoms. The van der Waals surface area contributed by atoms with Crippen molar-refractivity contribution in [1.82, 2.24) is 15.1 Å². The van der Waals surface area contributed by atoms with Crippen LogP contribution in [0.4, 0.5) is 10.5 Å². The van der Waals surface area contributed by atoms with Crippen LogP contribution < -0.4 is 10.6 Å². The Bertz CT molecular complexity index is 598. The number of benzene rings is 1. The lowest BCUT2D eigenvalue weighted by Gasteiger charge is -2.16. The van der Waals surface area contributed by atoms with Gasteiger partial charge >= 0.3 is 6.03 Å². The van der Waals surface area contributed by atoms with E-state index in [2.05, 4.69) is 15.7 Å². The number of nitrogens with one attached hydrogen (secondary N) is 2. The van der Waals surface area contributed by atoms with Gasteiger partial charge in [0.15, 0.2) is 0 Å². The van der Waals surface area contributed by atoms with Gasteiger partial charge in [-0.3, -0.25) is 4.68 Å². The molecular formula is C18H24N4O. The SMILES string of the molecule is O=C(Nc1ccc(Cn2cccn2)cc1)NC1CCCCCC1. The molecule has 0 aliphatic heterocycles. The first-order valence-corrected chi connectivity index (χ1v) is 8.43. The number of hydrogen-bond acceptors (Lipinski definition) is 2. The van der Waals surface area contributed by atoms with Crippen molar-refractivity contribution in [3.8, 4) is 0 Å². The van der Waals surface area contributed by atoms with Crippen molar-refractivity contribution in [1.29, 1.82) is 0 Å². The summed E-state index contributed by atoms with van der Waals surface area (Å²) < 4.78 is 1.88. The van der Waals surface area contributed by atoms with Crippen molar-refractivity contribution in [2.75, 3.05) is 5.32 Å². The predicted octanol–water partition coefficient (Wildman–Crippen LogP) is 3.78. The van der Waals surface area contributed by atoms with Crippen LogP contribution in [0.1, 0.15) is 44.1 Å². The Morgan fingerprint density at radius 2 is 1.87 bits per heavy atom. The molecule has 1 aliphatic rings. The second-order valence-electron chi connectivity index (χ2n) is 6.19. The van der Waals surface area contributed by atoms with Crippen LogP contribution in [0, 0.1) is 0 Å². The number of amides is 2. The molecule has 1 aromatic heterocycles. The number of hydrogen-bond donors (Lipinski definition) is 2. The molecule has 5 nitrogen and oxygen atoms in total. The fourth-order valence-electron chi connectivity index (χ4n) is 3.05. The second-order valence-corrected chi connectivity index (χ2v) is 6.19. The van der Waals surface area contributed by atoms with E-state index >= 15 is 0 Å². The summed E-state index contributed by atoms with van der Waals surface area (Å²) in [6, 6.07) is 10.0. The molecule has 0 radical (unpaired) electrons. The molecule has 0 atom stereocenters. The number of aromatic nitrogens is 2. The highest BCUT2D eigenvalue weighted by Gasteiger charge is 2.14. The summed E-state index contributed by atoms with van der Waals surface area (Å²) in [5.74, 6) is 0. The first-order valence-electron chi connectivity index (χ1n) is 8.43. The zero-order chi connectivity index (χ0) is 15.9. The van der Waals surface area contributed by atoms with Crippen LogP contribution in [0.5, 0.6) is 0 Å². The molecule has 0 unspecified atom stereocenters. The van der Waals surface area contributed by atoms with Crippen LogP contribution in [0.2, 0.25) is 0 Å². The van der Waals surface area contributed by atoms with Gasteiger partial charge in [-0.25, -0.2) is 4.79 Å². The lowest BCUT2D eigenvalue weighted by atomic mass is 10.1. The smallest absolute Gasteiger partial charge is 0.319 e. The third-order valence-corrected chi connectivity index (χ3v) is 4.31. The quantitative estimate of drug-likeness (QED) is 0.844. The third-order valence-electron chi connectivity index (χ3n) is 4.31. The zero-order valence-electron chi connectivity index (χ0n) is 13.4. The lowest BCUT2D eigenvalue weighted by molar-refractivity contribution is 0.247. The Morgan fingerprint density at radius 3 is 2.52 bits per heavy atom. The van der Waals surface area contributed by atoms with Gasteiger partial charge in [0, 0.05) is 24.1 Å². The number of anilines is 1. The highest BCUT2D eigenvalue weighted by Crippen LogP contribution is 2.17.